The summed E-state index contributed by atoms with van der Waals surface area (Å²) in [5.74, 6) is 0. The normalized spacial score (nSPS) is 10.1. The van der Waals surface area contributed by atoms with E-state index in [-0.39, 0.29) is 5.56 Å². The van der Waals surface area contributed by atoms with Crippen LogP contribution in [0.4, 0.5) is 0 Å². The summed E-state index contributed by atoms with van der Waals surface area (Å²) in [7, 11) is 0. The van der Waals surface area contributed by atoms with Crippen LogP contribution in [0, 0.1) is 6.92 Å². The van der Waals surface area contributed by atoms with Crippen molar-refractivity contribution in [3.8, 4) is 0 Å². The Labute approximate surface area is 87.7 Å². The fourth-order valence-corrected chi connectivity index (χ4v) is 1.26. The lowest BCUT2D eigenvalue weighted by Gasteiger charge is -2.03. The number of thiocarbonyl (C=S) groups is 1. The van der Waals surface area contributed by atoms with Crippen LogP contribution in [0.2, 0.25) is 0 Å². The lowest BCUT2D eigenvalue weighted by Crippen LogP contribution is -2.23. The standard InChI is InChI=1S/C9H13N3OS/c1-7-4-5-9(13)12(11-7)6-2-3-8(10)14/h4-5H,2-3,6H2,1H3,(H2,10,14). The molecular weight excluding hydrogens is 198 g/mol. The zero-order valence-electron chi connectivity index (χ0n) is 8.06. The first kappa shape index (κ1) is 10.8. The molecule has 0 saturated heterocycles. The van der Waals surface area contributed by atoms with Gasteiger partial charge in [-0.25, -0.2) is 4.68 Å². The molecule has 1 aromatic heterocycles. The van der Waals surface area contributed by atoms with Gasteiger partial charge in [0.05, 0.1) is 10.7 Å². The third kappa shape index (κ3) is 3.26. The summed E-state index contributed by atoms with van der Waals surface area (Å²) in [6, 6.07) is 3.22. The van der Waals surface area contributed by atoms with Crippen LogP contribution in [0.5, 0.6) is 0 Å². The first-order chi connectivity index (χ1) is 6.59. The predicted octanol–water partition coefficient (Wildman–Crippen LogP) is 0.618. The van der Waals surface area contributed by atoms with Gasteiger partial charge in [0.2, 0.25) is 0 Å². The molecule has 0 aliphatic rings. The van der Waals surface area contributed by atoms with E-state index < -0.39 is 0 Å². The summed E-state index contributed by atoms with van der Waals surface area (Å²) in [5.41, 5.74) is 6.10. The Morgan fingerprint density at radius 3 is 3.00 bits per heavy atom. The highest BCUT2D eigenvalue weighted by Crippen LogP contribution is 1.93. The van der Waals surface area contributed by atoms with Crippen molar-refractivity contribution in [1.29, 1.82) is 0 Å². The van der Waals surface area contributed by atoms with E-state index >= 15 is 0 Å². The van der Waals surface area contributed by atoms with Gasteiger partial charge in [-0.05, 0) is 25.8 Å². The molecule has 0 bridgehead atoms. The lowest BCUT2D eigenvalue weighted by molar-refractivity contribution is 0.551. The first-order valence-electron chi connectivity index (χ1n) is 4.42. The second-order valence-electron chi connectivity index (χ2n) is 3.11. The number of hydrogen-bond donors (Lipinski definition) is 1. The number of nitrogens with zero attached hydrogens (tertiary/aromatic N) is 2. The topological polar surface area (TPSA) is 60.9 Å². The van der Waals surface area contributed by atoms with Crippen LogP contribution in [0.3, 0.4) is 0 Å². The molecule has 0 aliphatic heterocycles. The van der Waals surface area contributed by atoms with Gasteiger partial charge in [-0.2, -0.15) is 5.10 Å². The van der Waals surface area contributed by atoms with Gasteiger partial charge in [-0.15, -0.1) is 0 Å². The molecule has 0 aromatic carbocycles. The second kappa shape index (κ2) is 4.85. The van der Waals surface area contributed by atoms with E-state index in [4.69, 9.17) is 18.0 Å². The van der Waals surface area contributed by atoms with Gasteiger partial charge in [0.15, 0.2) is 0 Å². The number of hydrogen-bond acceptors (Lipinski definition) is 3. The van der Waals surface area contributed by atoms with Crippen LogP contribution in [-0.2, 0) is 6.54 Å². The van der Waals surface area contributed by atoms with Crippen molar-refractivity contribution in [1.82, 2.24) is 9.78 Å². The Morgan fingerprint density at radius 2 is 2.36 bits per heavy atom. The quantitative estimate of drug-likeness (QED) is 0.742. The molecular formula is C9H13N3OS. The molecule has 14 heavy (non-hydrogen) atoms. The Bertz CT molecular complexity index is 386. The molecule has 0 fully saturated rings. The van der Waals surface area contributed by atoms with E-state index in [0.717, 1.165) is 12.1 Å². The lowest BCUT2D eigenvalue weighted by atomic mass is 10.3. The van der Waals surface area contributed by atoms with Crippen molar-refractivity contribution in [2.24, 2.45) is 5.73 Å². The molecule has 0 aliphatic carbocycles. The van der Waals surface area contributed by atoms with Gasteiger partial charge in [-0.1, -0.05) is 12.2 Å². The molecule has 0 radical (unpaired) electrons. The fraction of sp³-hybridized carbons (Fsp3) is 0.444. The third-order valence-corrected chi connectivity index (χ3v) is 2.00. The van der Waals surface area contributed by atoms with E-state index in [2.05, 4.69) is 5.10 Å². The van der Waals surface area contributed by atoms with Gasteiger partial charge in [0.1, 0.15) is 0 Å². The summed E-state index contributed by atoms with van der Waals surface area (Å²) in [5, 5.41) is 4.09. The maximum absolute atomic E-state index is 11.3. The molecule has 0 unspecified atom stereocenters. The van der Waals surface area contributed by atoms with Gasteiger partial charge in [0, 0.05) is 12.6 Å². The van der Waals surface area contributed by atoms with Crippen molar-refractivity contribution < 1.29 is 0 Å². The van der Waals surface area contributed by atoms with E-state index in [1.165, 1.54) is 10.7 Å². The highest BCUT2D eigenvalue weighted by Gasteiger charge is 1.98. The molecule has 1 heterocycles. The summed E-state index contributed by atoms with van der Waals surface area (Å²) in [6.45, 7) is 2.42. The minimum Gasteiger partial charge on any atom is -0.393 e. The number of rotatable bonds is 4. The summed E-state index contributed by atoms with van der Waals surface area (Å²) in [6.07, 6.45) is 1.41. The van der Waals surface area contributed by atoms with Gasteiger partial charge >= 0.3 is 0 Å². The first-order valence-corrected chi connectivity index (χ1v) is 4.83. The van der Waals surface area contributed by atoms with Gasteiger partial charge < -0.3 is 5.73 Å². The van der Waals surface area contributed by atoms with Crippen LogP contribution in [0.15, 0.2) is 16.9 Å². The Balaban J connectivity index is 2.62. The minimum atomic E-state index is -0.0847. The predicted molar refractivity (Wildman–Crippen MR) is 59.3 cm³/mol. The molecule has 0 amide bonds. The summed E-state index contributed by atoms with van der Waals surface area (Å²) in [4.78, 5) is 11.8. The summed E-state index contributed by atoms with van der Waals surface area (Å²) < 4.78 is 1.44. The largest absolute Gasteiger partial charge is 0.393 e. The highest BCUT2D eigenvalue weighted by molar-refractivity contribution is 7.80. The fourth-order valence-electron chi connectivity index (χ4n) is 1.11. The zero-order valence-corrected chi connectivity index (χ0v) is 8.88. The Hall–Kier alpha value is -1.23. The molecule has 0 saturated carbocycles. The monoisotopic (exact) mass is 211 g/mol. The minimum absolute atomic E-state index is 0.0847. The van der Waals surface area contributed by atoms with Gasteiger partial charge in [-0.3, -0.25) is 4.79 Å². The van der Waals surface area contributed by atoms with Crippen LogP contribution >= 0.6 is 12.2 Å². The molecule has 1 aromatic rings. The molecule has 2 N–H and O–H groups in total. The molecule has 5 heteroatoms. The van der Waals surface area contributed by atoms with E-state index in [1.54, 1.807) is 6.07 Å². The van der Waals surface area contributed by atoms with Crippen molar-refractivity contribution in [2.75, 3.05) is 0 Å². The van der Waals surface area contributed by atoms with Crippen LogP contribution in [0.1, 0.15) is 18.5 Å². The van der Waals surface area contributed by atoms with E-state index in [9.17, 15) is 4.79 Å². The summed E-state index contributed by atoms with van der Waals surface area (Å²) >= 11 is 4.74. The Kier molecular flexibility index (Phi) is 3.76. The number of aromatic nitrogens is 2. The van der Waals surface area contributed by atoms with E-state index in [0.29, 0.717) is 18.0 Å². The van der Waals surface area contributed by atoms with Crippen molar-refractivity contribution >= 4 is 17.2 Å². The molecule has 76 valence electrons. The second-order valence-corrected chi connectivity index (χ2v) is 3.63. The Morgan fingerprint density at radius 1 is 1.64 bits per heavy atom. The van der Waals surface area contributed by atoms with Crippen molar-refractivity contribution in [3.63, 3.8) is 0 Å². The van der Waals surface area contributed by atoms with Gasteiger partial charge in [0.25, 0.3) is 5.56 Å². The third-order valence-electron chi connectivity index (χ3n) is 1.79. The zero-order chi connectivity index (χ0) is 10.6. The van der Waals surface area contributed by atoms with Crippen LogP contribution in [-0.4, -0.2) is 14.8 Å². The average Bonchev–Trinajstić information content (AvgIpc) is 2.10. The van der Waals surface area contributed by atoms with Crippen molar-refractivity contribution in [2.45, 2.75) is 26.3 Å². The molecule has 0 spiro atoms. The maximum Gasteiger partial charge on any atom is 0.266 e. The average molecular weight is 211 g/mol. The van der Waals surface area contributed by atoms with E-state index in [1.807, 2.05) is 6.92 Å². The SMILES string of the molecule is Cc1ccc(=O)n(CCCC(N)=S)n1. The molecule has 0 atom stereocenters. The number of nitrogens with two attached hydrogens (primary N) is 1. The molecule has 1 rings (SSSR count). The highest BCUT2D eigenvalue weighted by atomic mass is 32.1. The van der Waals surface area contributed by atoms with Crippen LogP contribution in [0.25, 0.3) is 0 Å². The smallest absolute Gasteiger partial charge is 0.266 e. The maximum atomic E-state index is 11.3. The van der Waals surface area contributed by atoms with Crippen LogP contribution < -0.4 is 11.3 Å². The number of aryl methyl sites for hydroxylation is 2. The molecule has 4 nitrogen and oxygen atoms in total. The van der Waals surface area contributed by atoms with Crippen molar-refractivity contribution in [3.05, 3.63) is 28.2 Å².